The van der Waals surface area contributed by atoms with Crippen molar-refractivity contribution in [1.82, 2.24) is 19.5 Å². The normalized spacial score (nSPS) is 23.8. The number of fused-ring (bicyclic) bond motifs is 1. The predicted molar refractivity (Wildman–Crippen MR) is 64.3 cm³/mol. The summed E-state index contributed by atoms with van der Waals surface area (Å²) in [6, 6.07) is 0. The maximum Gasteiger partial charge on any atom is 0.224 e. The van der Waals surface area contributed by atoms with Crippen molar-refractivity contribution in [2.75, 3.05) is 18.1 Å². The third kappa shape index (κ3) is 1.66. The van der Waals surface area contributed by atoms with E-state index in [2.05, 4.69) is 15.0 Å². The smallest absolute Gasteiger partial charge is 0.224 e. The molecule has 2 aromatic rings. The third-order valence-electron chi connectivity index (χ3n) is 2.84. The molecule has 0 saturated carbocycles. The number of nitrogens with zero attached hydrogens (tertiary/aromatic N) is 4. The van der Waals surface area contributed by atoms with Crippen molar-refractivity contribution in [3.63, 3.8) is 0 Å². The van der Waals surface area contributed by atoms with Crippen LogP contribution in [0.3, 0.4) is 0 Å². The van der Waals surface area contributed by atoms with Crippen LogP contribution in [0.25, 0.3) is 11.2 Å². The number of nitrogen functional groups attached to an aromatic ring is 2. The van der Waals surface area contributed by atoms with Gasteiger partial charge in [-0.3, -0.25) is 4.57 Å². The lowest BCUT2D eigenvalue weighted by Crippen LogP contribution is -2.12. The lowest BCUT2D eigenvalue weighted by molar-refractivity contribution is -0.0715. The summed E-state index contributed by atoms with van der Waals surface area (Å²) >= 11 is 0. The summed E-state index contributed by atoms with van der Waals surface area (Å²) in [5, 5.41) is 0. The predicted octanol–water partition coefficient (Wildman–Crippen LogP) is 0.272. The fourth-order valence-electron chi connectivity index (χ4n) is 1.97. The second-order valence-electron chi connectivity index (χ2n) is 4.05. The Bertz CT molecular complexity index is 583. The van der Waals surface area contributed by atoms with Gasteiger partial charge in [0.05, 0.1) is 12.9 Å². The fourth-order valence-corrected chi connectivity index (χ4v) is 1.97. The van der Waals surface area contributed by atoms with Crippen molar-refractivity contribution in [2.24, 2.45) is 0 Å². The molecule has 0 aliphatic carbocycles. The van der Waals surface area contributed by atoms with Gasteiger partial charge in [0.15, 0.2) is 24.0 Å². The Hall–Kier alpha value is -1.93. The van der Waals surface area contributed by atoms with E-state index in [1.54, 1.807) is 10.9 Å². The summed E-state index contributed by atoms with van der Waals surface area (Å²) in [5.74, 6) is 0.384. The first-order chi connectivity index (χ1) is 8.69. The second kappa shape index (κ2) is 4.07. The molecular weight excluding hydrogens is 236 g/mol. The molecule has 96 valence electrons. The van der Waals surface area contributed by atoms with E-state index in [4.69, 9.17) is 20.9 Å². The van der Waals surface area contributed by atoms with Gasteiger partial charge in [-0.15, -0.1) is 0 Å². The maximum absolute atomic E-state index is 5.74. The molecule has 0 aromatic carbocycles. The van der Waals surface area contributed by atoms with Crippen LogP contribution in [0.4, 0.5) is 11.8 Å². The molecule has 8 nitrogen and oxygen atoms in total. The average molecular weight is 250 g/mol. The van der Waals surface area contributed by atoms with Crippen molar-refractivity contribution in [2.45, 2.75) is 25.9 Å². The number of aromatic nitrogens is 4. The quantitative estimate of drug-likeness (QED) is 0.786. The number of rotatable bonds is 2. The molecule has 0 spiro atoms. The Balaban J connectivity index is 2.03. The van der Waals surface area contributed by atoms with Gasteiger partial charge in [0.1, 0.15) is 5.52 Å². The van der Waals surface area contributed by atoms with E-state index < -0.39 is 0 Å². The molecule has 3 heterocycles. The van der Waals surface area contributed by atoms with Crippen LogP contribution < -0.4 is 11.5 Å². The van der Waals surface area contributed by atoms with E-state index in [-0.39, 0.29) is 24.3 Å². The number of nitrogens with two attached hydrogens (primary N) is 2. The van der Waals surface area contributed by atoms with E-state index in [1.807, 2.05) is 6.92 Å². The molecule has 0 amide bonds. The van der Waals surface area contributed by atoms with Crippen LogP contribution in [0.1, 0.15) is 19.6 Å². The average Bonchev–Trinajstić information content (AvgIpc) is 2.93. The molecule has 1 aliphatic rings. The Kier molecular flexibility index (Phi) is 2.53. The Morgan fingerprint density at radius 3 is 3.00 bits per heavy atom. The minimum Gasteiger partial charge on any atom is -0.382 e. The van der Waals surface area contributed by atoms with E-state index in [9.17, 15) is 0 Å². The van der Waals surface area contributed by atoms with Crippen molar-refractivity contribution in [1.29, 1.82) is 0 Å². The van der Waals surface area contributed by atoms with Crippen molar-refractivity contribution >= 4 is 22.9 Å². The highest BCUT2D eigenvalue weighted by Crippen LogP contribution is 2.27. The molecule has 1 fully saturated rings. The standard InChI is InChI=1S/C10H14N6O2/c1-2-6-17-3-5(18-6)16-4-13-7-8(11)14-10(12)15-9(7)16/h4-6H,2-3H2,1H3,(H4,11,12,14,15)/t5-,6+/m0/s1. The summed E-state index contributed by atoms with van der Waals surface area (Å²) in [5.41, 5.74) is 12.4. The van der Waals surface area contributed by atoms with Gasteiger partial charge >= 0.3 is 0 Å². The molecule has 1 aliphatic heterocycles. The van der Waals surface area contributed by atoms with Crippen LogP contribution in [-0.4, -0.2) is 32.4 Å². The van der Waals surface area contributed by atoms with Gasteiger partial charge in [-0.2, -0.15) is 9.97 Å². The number of anilines is 2. The molecule has 0 radical (unpaired) electrons. The highest BCUT2D eigenvalue weighted by molar-refractivity contribution is 5.82. The van der Waals surface area contributed by atoms with Gasteiger partial charge in [0, 0.05) is 0 Å². The number of imidazole rings is 1. The molecule has 1 saturated heterocycles. The van der Waals surface area contributed by atoms with Crippen LogP contribution in [0.15, 0.2) is 6.33 Å². The zero-order chi connectivity index (χ0) is 12.7. The van der Waals surface area contributed by atoms with Crippen LogP contribution in [0.2, 0.25) is 0 Å². The van der Waals surface area contributed by atoms with Gasteiger partial charge in [0.25, 0.3) is 0 Å². The minimum absolute atomic E-state index is 0.118. The van der Waals surface area contributed by atoms with Gasteiger partial charge in [-0.25, -0.2) is 4.98 Å². The summed E-state index contributed by atoms with van der Waals surface area (Å²) in [6.45, 7) is 2.45. The van der Waals surface area contributed by atoms with Crippen LogP contribution in [-0.2, 0) is 9.47 Å². The number of hydrogen-bond acceptors (Lipinski definition) is 7. The highest BCUT2D eigenvalue weighted by atomic mass is 16.7. The number of hydrogen-bond donors (Lipinski definition) is 2. The van der Waals surface area contributed by atoms with Crippen LogP contribution >= 0.6 is 0 Å². The van der Waals surface area contributed by atoms with E-state index >= 15 is 0 Å². The molecule has 18 heavy (non-hydrogen) atoms. The molecule has 8 heteroatoms. The first-order valence-electron chi connectivity index (χ1n) is 5.71. The van der Waals surface area contributed by atoms with E-state index in [0.29, 0.717) is 17.8 Å². The van der Waals surface area contributed by atoms with Crippen molar-refractivity contribution < 1.29 is 9.47 Å². The Morgan fingerprint density at radius 1 is 1.44 bits per heavy atom. The van der Waals surface area contributed by atoms with Gasteiger partial charge < -0.3 is 20.9 Å². The zero-order valence-corrected chi connectivity index (χ0v) is 9.91. The minimum atomic E-state index is -0.256. The molecule has 2 atom stereocenters. The fraction of sp³-hybridized carbons (Fsp3) is 0.500. The maximum atomic E-state index is 5.74. The molecule has 4 N–H and O–H groups in total. The molecule has 3 rings (SSSR count). The van der Waals surface area contributed by atoms with Gasteiger partial charge in [0.2, 0.25) is 5.95 Å². The lowest BCUT2D eigenvalue weighted by Gasteiger charge is -2.11. The summed E-state index contributed by atoms with van der Waals surface area (Å²) < 4.78 is 12.9. The SMILES string of the molecule is CC[C@@H]1OC[C@@H](n2cnc3c(N)nc(N)nc32)O1. The Labute approximate surface area is 103 Å². The molecule has 0 bridgehead atoms. The monoisotopic (exact) mass is 250 g/mol. The van der Waals surface area contributed by atoms with Crippen LogP contribution in [0, 0.1) is 0 Å². The van der Waals surface area contributed by atoms with E-state index in [0.717, 1.165) is 6.42 Å². The van der Waals surface area contributed by atoms with Crippen LogP contribution in [0.5, 0.6) is 0 Å². The molecule has 2 aromatic heterocycles. The van der Waals surface area contributed by atoms with Gasteiger partial charge in [-0.1, -0.05) is 6.92 Å². The summed E-state index contributed by atoms with van der Waals surface area (Å²) in [7, 11) is 0. The lowest BCUT2D eigenvalue weighted by atomic mass is 10.5. The van der Waals surface area contributed by atoms with E-state index in [1.165, 1.54) is 0 Å². The number of ether oxygens (including phenoxy) is 2. The van der Waals surface area contributed by atoms with Crippen molar-refractivity contribution in [3.05, 3.63) is 6.33 Å². The molecule has 0 unspecified atom stereocenters. The first kappa shape index (κ1) is 11.2. The summed E-state index contributed by atoms with van der Waals surface area (Å²) in [6.07, 6.45) is 1.96. The topological polar surface area (TPSA) is 114 Å². The highest BCUT2D eigenvalue weighted by Gasteiger charge is 2.27. The first-order valence-corrected chi connectivity index (χ1v) is 5.71. The third-order valence-corrected chi connectivity index (χ3v) is 2.84. The zero-order valence-electron chi connectivity index (χ0n) is 9.91. The largest absolute Gasteiger partial charge is 0.382 e. The van der Waals surface area contributed by atoms with Gasteiger partial charge in [-0.05, 0) is 6.42 Å². The Morgan fingerprint density at radius 2 is 2.28 bits per heavy atom. The molecular formula is C10H14N6O2. The van der Waals surface area contributed by atoms with Crippen molar-refractivity contribution in [3.8, 4) is 0 Å². The summed E-state index contributed by atoms with van der Waals surface area (Å²) in [4.78, 5) is 12.2. The second-order valence-corrected chi connectivity index (χ2v) is 4.05.